The summed E-state index contributed by atoms with van der Waals surface area (Å²) in [5, 5.41) is 20.2. The van der Waals surface area contributed by atoms with Gasteiger partial charge in [-0.1, -0.05) is 20.3 Å². The van der Waals surface area contributed by atoms with Crippen LogP contribution in [0.4, 0.5) is 0 Å². The van der Waals surface area contributed by atoms with Crippen molar-refractivity contribution in [1.29, 1.82) is 0 Å². The summed E-state index contributed by atoms with van der Waals surface area (Å²) in [4.78, 5) is 0. The summed E-state index contributed by atoms with van der Waals surface area (Å²) in [5.41, 5.74) is 6.45. The molecule has 0 fully saturated rings. The van der Waals surface area contributed by atoms with Crippen molar-refractivity contribution in [3.8, 4) is 17.2 Å². The highest BCUT2D eigenvalue weighted by atomic mass is 16.5. The Bertz CT molecular complexity index is 422. The molecule has 4 N–H and O–H groups in total. The molecule has 5 heteroatoms. The number of rotatable bonds is 6. The minimum Gasteiger partial charge on any atom is -0.507 e. The number of ether oxygens (including phenoxy) is 2. The van der Waals surface area contributed by atoms with Crippen molar-refractivity contribution < 1.29 is 19.7 Å². The molecule has 0 aromatic heterocycles. The number of hydrogen-bond donors (Lipinski definition) is 3. The van der Waals surface area contributed by atoms with E-state index in [1.54, 1.807) is 6.07 Å². The van der Waals surface area contributed by atoms with E-state index in [2.05, 4.69) is 0 Å². The number of phenols is 1. The maximum Gasteiger partial charge on any atom is 0.131 e. The summed E-state index contributed by atoms with van der Waals surface area (Å²) < 4.78 is 10.3. The number of methoxy groups -OCH3 is 2. The van der Waals surface area contributed by atoms with Crippen LogP contribution < -0.4 is 15.2 Å². The van der Waals surface area contributed by atoms with E-state index in [1.807, 2.05) is 13.8 Å². The second kappa shape index (κ2) is 6.63. The number of hydrogen-bond acceptors (Lipinski definition) is 5. The van der Waals surface area contributed by atoms with Gasteiger partial charge in [-0.05, 0) is 5.92 Å². The molecule has 0 saturated carbocycles. The van der Waals surface area contributed by atoms with Gasteiger partial charge in [-0.25, -0.2) is 0 Å². The zero-order chi connectivity index (χ0) is 14.6. The van der Waals surface area contributed by atoms with Crippen LogP contribution in [-0.2, 0) is 0 Å². The molecule has 1 aromatic carbocycles. The van der Waals surface area contributed by atoms with Gasteiger partial charge in [0.15, 0.2) is 0 Å². The first kappa shape index (κ1) is 15.6. The highest BCUT2D eigenvalue weighted by Gasteiger charge is 2.27. The van der Waals surface area contributed by atoms with Gasteiger partial charge >= 0.3 is 0 Å². The zero-order valence-corrected chi connectivity index (χ0v) is 11.9. The van der Waals surface area contributed by atoms with Crippen molar-refractivity contribution in [1.82, 2.24) is 0 Å². The summed E-state index contributed by atoms with van der Waals surface area (Å²) in [6.07, 6.45) is 0.0480. The molecule has 0 saturated heterocycles. The van der Waals surface area contributed by atoms with Crippen molar-refractivity contribution in [2.45, 2.75) is 32.4 Å². The quantitative estimate of drug-likeness (QED) is 0.733. The molecule has 1 aromatic rings. The summed E-state index contributed by atoms with van der Waals surface area (Å²) in [5.74, 6) is 0.877. The average Bonchev–Trinajstić information content (AvgIpc) is 2.43. The largest absolute Gasteiger partial charge is 0.507 e. The lowest BCUT2D eigenvalue weighted by Gasteiger charge is -2.26. The van der Waals surface area contributed by atoms with Crippen molar-refractivity contribution >= 4 is 0 Å². The van der Waals surface area contributed by atoms with E-state index in [4.69, 9.17) is 15.2 Å². The highest BCUT2D eigenvalue weighted by Crippen LogP contribution is 2.39. The first-order valence-electron chi connectivity index (χ1n) is 6.34. The Balaban J connectivity index is 3.18. The monoisotopic (exact) mass is 269 g/mol. The molecule has 3 atom stereocenters. The molecule has 1 unspecified atom stereocenters. The molecule has 19 heavy (non-hydrogen) atoms. The number of aromatic hydroxyl groups is 1. The van der Waals surface area contributed by atoms with Gasteiger partial charge in [-0.2, -0.15) is 0 Å². The van der Waals surface area contributed by atoms with Crippen LogP contribution in [0.1, 0.15) is 31.9 Å². The van der Waals surface area contributed by atoms with Crippen LogP contribution in [0.5, 0.6) is 17.2 Å². The Kier molecular flexibility index (Phi) is 5.44. The van der Waals surface area contributed by atoms with Gasteiger partial charge in [-0.15, -0.1) is 0 Å². The lowest BCUT2D eigenvalue weighted by Crippen LogP contribution is -2.31. The number of aliphatic hydroxyl groups is 1. The number of nitrogens with two attached hydrogens (primary N) is 1. The molecule has 0 radical (unpaired) electrons. The molecule has 1 rings (SSSR count). The Morgan fingerprint density at radius 2 is 1.89 bits per heavy atom. The van der Waals surface area contributed by atoms with Gasteiger partial charge in [0.25, 0.3) is 0 Å². The maximum atomic E-state index is 10.2. The lowest BCUT2D eigenvalue weighted by molar-refractivity contribution is 0.0861. The van der Waals surface area contributed by atoms with Crippen LogP contribution in [0.3, 0.4) is 0 Å². The predicted molar refractivity (Wildman–Crippen MR) is 73.6 cm³/mol. The summed E-state index contributed by atoms with van der Waals surface area (Å²) in [7, 11) is 2.99. The van der Waals surface area contributed by atoms with E-state index in [0.717, 1.165) is 6.42 Å². The summed E-state index contributed by atoms with van der Waals surface area (Å²) in [6.45, 7) is 3.89. The molecule has 0 amide bonds. The van der Waals surface area contributed by atoms with Crippen LogP contribution in [0, 0.1) is 5.92 Å². The van der Waals surface area contributed by atoms with Crippen molar-refractivity contribution in [3.05, 3.63) is 17.7 Å². The zero-order valence-electron chi connectivity index (χ0n) is 11.9. The molecule has 0 bridgehead atoms. The van der Waals surface area contributed by atoms with Gasteiger partial charge in [0, 0.05) is 12.1 Å². The van der Waals surface area contributed by atoms with Crippen molar-refractivity contribution in [2.75, 3.05) is 14.2 Å². The Morgan fingerprint density at radius 3 is 2.37 bits per heavy atom. The molecule has 0 heterocycles. The fourth-order valence-corrected chi connectivity index (χ4v) is 1.98. The minimum atomic E-state index is -0.752. The van der Waals surface area contributed by atoms with Crippen LogP contribution in [-0.4, -0.2) is 30.5 Å². The van der Waals surface area contributed by atoms with Crippen molar-refractivity contribution in [3.63, 3.8) is 0 Å². The van der Waals surface area contributed by atoms with Crippen LogP contribution >= 0.6 is 0 Å². The summed E-state index contributed by atoms with van der Waals surface area (Å²) in [6, 6.07) is 2.38. The third kappa shape index (κ3) is 3.30. The molecule has 0 aliphatic carbocycles. The van der Waals surface area contributed by atoms with Crippen molar-refractivity contribution in [2.24, 2.45) is 11.7 Å². The standard InChI is InChI=1S/C14H23NO4/c1-5-8(2)14(17)13(15)12-10(16)6-9(18-3)7-11(12)19-4/h6-8,13-14,16-17H,5,15H2,1-4H3/t8?,13-,14+/m1/s1. The second-order valence-corrected chi connectivity index (χ2v) is 4.66. The first-order valence-corrected chi connectivity index (χ1v) is 6.34. The molecule has 108 valence electrons. The second-order valence-electron chi connectivity index (χ2n) is 4.66. The lowest BCUT2D eigenvalue weighted by atomic mass is 9.90. The minimum absolute atomic E-state index is 0.0289. The third-order valence-corrected chi connectivity index (χ3v) is 3.48. The fourth-order valence-electron chi connectivity index (χ4n) is 1.98. The fraction of sp³-hybridized carbons (Fsp3) is 0.571. The molecule has 0 spiro atoms. The smallest absolute Gasteiger partial charge is 0.131 e. The number of aliphatic hydroxyl groups excluding tert-OH is 1. The number of phenolic OH excluding ortho intramolecular Hbond substituents is 1. The Morgan fingerprint density at radius 1 is 1.26 bits per heavy atom. The van der Waals surface area contributed by atoms with Gasteiger partial charge in [0.1, 0.15) is 17.2 Å². The summed E-state index contributed by atoms with van der Waals surface area (Å²) >= 11 is 0. The van der Waals surface area contributed by atoms with E-state index in [1.165, 1.54) is 20.3 Å². The van der Waals surface area contributed by atoms with E-state index in [9.17, 15) is 10.2 Å². The van der Waals surface area contributed by atoms with Gasteiger partial charge < -0.3 is 25.4 Å². The van der Waals surface area contributed by atoms with E-state index in [-0.39, 0.29) is 11.7 Å². The first-order chi connectivity index (χ1) is 8.96. The molecular formula is C14H23NO4. The Hall–Kier alpha value is -1.46. The van der Waals surface area contributed by atoms with Crippen LogP contribution in [0.2, 0.25) is 0 Å². The Labute approximate surface area is 114 Å². The topological polar surface area (TPSA) is 84.9 Å². The molecule has 0 aliphatic heterocycles. The van der Waals surface area contributed by atoms with Crippen LogP contribution in [0.15, 0.2) is 12.1 Å². The van der Waals surface area contributed by atoms with E-state index in [0.29, 0.717) is 17.1 Å². The predicted octanol–water partition coefficient (Wildman–Crippen LogP) is 1.82. The SMILES string of the molecule is CCC(C)[C@H](O)[C@H](N)c1c(O)cc(OC)cc1OC. The van der Waals surface area contributed by atoms with E-state index < -0.39 is 12.1 Å². The van der Waals surface area contributed by atoms with Gasteiger partial charge in [0.05, 0.1) is 31.9 Å². The van der Waals surface area contributed by atoms with Gasteiger partial charge in [0.2, 0.25) is 0 Å². The van der Waals surface area contributed by atoms with E-state index >= 15 is 0 Å². The molecular weight excluding hydrogens is 246 g/mol. The molecule has 5 nitrogen and oxygen atoms in total. The maximum absolute atomic E-state index is 10.2. The number of benzene rings is 1. The normalized spacial score (nSPS) is 15.7. The van der Waals surface area contributed by atoms with Crippen LogP contribution in [0.25, 0.3) is 0 Å². The average molecular weight is 269 g/mol. The van der Waals surface area contributed by atoms with Gasteiger partial charge in [-0.3, -0.25) is 0 Å². The molecule has 0 aliphatic rings. The highest BCUT2D eigenvalue weighted by molar-refractivity contribution is 5.51. The third-order valence-electron chi connectivity index (χ3n) is 3.48.